The zero-order valence-corrected chi connectivity index (χ0v) is 12.0. The van der Waals surface area contributed by atoms with E-state index in [0.717, 1.165) is 46.8 Å². The highest BCUT2D eigenvalue weighted by atomic mass is 35.5. The van der Waals surface area contributed by atoms with Gasteiger partial charge < -0.3 is 16.0 Å². The van der Waals surface area contributed by atoms with Gasteiger partial charge in [-0.1, -0.05) is 22.9 Å². The van der Waals surface area contributed by atoms with Gasteiger partial charge in [-0.25, -0.2) is 4.98 Å². The van der Waals surface area contributed by atoms with Gasteiger partial charge in [0.1, 0.15) is 10.7 Å². The lowest BCUT2D eigenvalue weighted by molar-refractivity contribution is 0.592. The molecule has 18 heavy (non-hydrogen) atoms. The minimum atomic E-state index is 0.614. The number of thiophene rings is 1. The van der Waals surface area contributed by atoms with Crippen LogP contribution in [0.1, 0.15) is 0 Å². The lowest BCUT2D eigenvalue weighted by Crippen LogP contribution is -2.43. The van der Waals surface area contributed by atoms with Gasteiger partial charge in [0.25, 0.3) is 0 Å². The van der Waals surface area contributed by atoms with E-state index in [-0.39, 0.29) is 0 Å². The van der Waals surface area contributed by atoms with Crippen LogP contribution in [0.3, 0.4) is 0 Å². The number of nitrogens with zero attached hydrogens (tertiary/aromatic N) is 2. The Kier molecular flexibility index (Phi) is 3.43. The highest BCUT2D eigenvalue weighted by Gasteiger charge is 2.20. The molecule has 0 atom stereocenters. The van der Waals surface area contributed by atoms with E-state index in [1.54, 1.807) is 22.7 Å². The molecule has 1 aliphatic rings. The van der Waals surface area contributed by atoms with E-state index in [1.807, 2.05) is 11.4 Å². The van der Waals surface area contributed by atoms with Gasteiger partial charge >= 0.3 is 0 Å². The monoisotopic (exact) mass is 300 g/mol. The number of aromatic nitrogens is 1. The lowest BCUT2D eigenvalue weighted by Gasteiger charge is -2.28. The maximum Gasteiger partial charge on any atom is 0.182 e. The Bertz CT molecular complexity index is 545. The number of anilines is 2. The Morgan fingerprint density at radius 1 is 1.39 bits per heavy atom. The fraction of sp³-hybridized carbons (Fsp3) is 0.364. The Balaban J connectivity index is 1.98. The molecule has 0 amide bonds. The SMILES string of the molecule is Nc1nc(-c2cc(Cl)cs2)c(N2CCNCC2)s1. The summed E-state index contributed by atoms with van der Waals surface area (Å²) < 4.78 is 0. The first-order chi connectivity index (χ1) is 8.74. The number of nitrogens with two attached hydrogens (primary N) is 1. The first-order valence-corrected chi connectivity index (χ1v) is 7.78. The molecule has 3 heterocycles. The average molecular weight is 301 g/mol. The van der Waals surface area contributed by atoms with Crippen LogP contribution in [0.2, 0.25) is 5.02 Å². The van der Waals surface area contributed by atoms with E-state index >= 15 is 0 Å². The molecule has 2 aromatic rings. The highest BCUT2D eigenvalue weighted by molar-refractivity contribution is 7.20. The maximum atomic E-state index is 5.99. The molecular formula is C11H13ClN4S2. The van der Waals surface area contributed by atoms with Crippen molar-refractivity contribution in [2.24, 2.45) is 0 Å². The Hall–Kier alpha value is -0.820. The smallest absolute Gasteiger partial charge is 0.182 e. The third kappa shape index (κ3) is 2.33. The number of halogens is 1. The summed E-state index contributed by atoms with van der Waals surface area (Å²) >= 11 is 9.15. The molecule has 0 saturated carbocycles. The molecule has 7 heteroatoms. The Labute approximate surface area is 118 Å². The second-order valence-corrected chi connectivity index (χ2v) is 6.43. The van der Waals surface area contributed by atoms with Gasteiger partial charge in [0, 0.05) is 31.6 Å². The first-order valence-electron chi connectivity index (χ1n) is 5.70. The van der Waals surface area contributed by atoms with Crippen molar-refractivity contribution in [1.29, 1.82) is 0 Å². The molecule has 0 aliphatic carbocycles. The van der Waals surface area contributed by atoms with Crippen molar-refractivity contribution in [3.63, 3.8) is 0 Å². The van der Waals surface area contributed by atoms with Crippen molar-refractivity contribution in [1.82, 2.24) is 10.3 Å². The number of hydrogen-bond acceptors (Lipinski definition) is 6. The van der Waals surface area contributed by atoms with E-state index in [1.165, 1.54) is 0 Å². The number of piperazine rings is 1. The summed E-state index contributed by atoms with van der Waals surface area (Å²) in [4.78, 5) is 7.88. The van der Waals surface area contributed by atoms with Crippen LogP contribution in [0.5, 0.6) is 0 Å². The molecule has 96 valence electrons. The van der Waals surface area contributed by atoms with Gasteiger partial charge in [-0.3, -0.25) is 0 Å². The van der Waals surface area contributed by atoms with E-state index in [9.17, 15) is 0 Å². The van der Waals surface area contributed by atoms with Gasteiger partial charge in [-0.05, 0) is 6.07 Å². The normalized spacial score (nSPS) is 16.2. The topological polar surface area (TPSA) is 54.2 Å². The minimum absolute atomic E-state index is 0.614. The van der Waals surface area contributed by atoms with Crippen LogP contribution >= 0.6 is 34.3 Å². The summed E-state index contributed by atoms with van der Waals surface area (Å²) in [6.07, 6.45) is 0. The Morgan fingerprint density at radius 3 is 2.83 bits per heavy atom. The van der Waals surface area contributed by atoms with Crippen LogP contribution in [0, 0.1) is 0 Å². The summed E-state index contributed by atoms with van der Waals surface area (Å²) in [5.41, 5.74) is 6.84. The molecule has 3 rings (SSSR count). The summed E-state index contributed by atoms with van der Waals surface area (Å²) in [6, 6.07) is 1.95. The van der Waals surface area contributed by atoms with Gasteiger partial charge in [0.05, 0.1) is 9.90 Å². The molecule has 1 fully saturated rings. The van der Waals surface area contributed by atoms with Gasteiger partial charge in [0.2, 0.25) is 0 Å². The first kappa shape index (κ1) is 12.2. The van der Waals surface area contributed by atoms with Crippen molar-refractivity contribution in [3.8, 4) is 10.6 Å². The molecule has 4 nitrogen and oxygen atoms in total. The number of nitrogens with one attached hydrogen (secondary N) is 1. The second-order valence-electron chi connectivity index (χ2n) is 4.07. The van der Waals surface area contributed by atoms with E-state index in [2.05, 4.69) is 15.2 Å². The van der Waals surface area contributed by atoms with E-state index in [0.29, 0.717) is 5.13 Å². The fourth-order valence-electron chi connectivity index (χ4n) is 2.01. The van der Waals surface area contributed by atoms with Crippen LogP contribution < -0.4 is 16.0 Å². The molecule has 0 bridgehead atoms. The number of thiazole rings is 1. The standard InChI is InChI=1S/C11H13ClN4S2/c12-7-5-8(17-6-7)9-10(18-11(13)15-9)16-3-1-14-2-4-16/h5-6,14H,1-4H2,(H2,13,15). The summed E-state index contributed by atoms with van der Waals surface area (Å²) in [7, 11) is 0. The van der Waals surface area contributed by atoms with Crippen LogP contribution in [-0.2, 0) is 0 Å². The van der Waals surface area contributed by atoms with Gasteiger partial charge in [-0.15, -0.1) is 11.3 Å². The van der Waals surface area contributed by atoms with E-state index in [4.69, 9.17) is 17.3 Å². The zero-order chi connectivity index (χ0) is 12.5. The van der Waals surface area contributed by atoms with Crippen LogP contribution in [-0.4, -0.2) is 31.2 Å². The van der Waals surface area contributed by atoms with Crippen molar-refractivity contribution >= 4 is 44.4 Å². The van der Waals surface area contributed by atoms with Crippen molar-refractivity contribution in [3.05, 3.63) is 16.5 Å². The molecular weight excluding hydrogens is 288 g/mol. The molecule has 2 aromatic heterocycles. The van der Waals surface area contributed by atoms with Crippen molar-refractivity contribution in [2.75, 3.05) is 36.8 Å². The summed E-state index contributed by atoms with van der Waals surface area (Å²) in [5.74, 6) is 0. The quantitative estimate of drug-likeness (QED) is 0.895. The molecule has 1 saturated heterocycles. The van der Waals surface area contributed by atoms with Gasteiger partial charge in [-0.2, -0.15) is 0 Å². The molecule has 0 spiro atoms. The van der Waals surface area contributed by atoms with Crippen molar-refractivity contribution < 1.29 is 0 Å². The maximum absolute atomic E-state index is 5.99. The summed E-state index contributed by atoms with van der Waals surface area (Å²) in [6.45, 7) is 3.99. The fourth-order valence-corrected chi connectivity index (χ4v) is 4.04. The predicted octanol–water partition coefficient (Wildman–Crippen LogP) is 2.52. The van der Waals surface area contributed by atoms with Crippen LogP contribution in [0.15, 0.2) is 11.4 Å². The highest BCUT2D eigenvalue weighted by Crippen LogP contribution is 2.40. The number of nitrogen functional groups attached to an aromatic ring is 1. The molecule has 3 N–H and O–H groups in total. The molecule has 0 aromatic carbocycles. The lowest BCUT2D eigenvalue weighted by atomic mass is 10.3. The largest absolute Gasteiger partial charge is 0.375 e. The Morgan fingerprint density at radius 2 is 2.17 bits per heavy atom. The number of rotatable bonds is 2. The van der Waals surface area contributed by atoms with Crippen LogP contribution in [0.25, 0.3) is 10.6 Å². The molecule has 0 unspecified atom stereocenters. The zero-order valence-electron chi connectivity index (χ0n) is 9.65. The van der Waals surface area contributed by atoms with Gasteiger partial charge in [0.15, 0.2) is 5.13 Å². The van der Waals surface area contributed by atoms with Crippen molar-refractivity contribution in [2.45, 2.75) is 0 Å². The minimum Gasteiger partial charge on any atom is -0.375 e. The average Bonchev–Trinajstić information content (AvgIpc) is 2.96. The predicted molar refractivity (Wildman–Crippen MR) is 79.9 cm³/mol. The van der Waals surface area contributed by atoms with E-state index < -0.39 is 0 Å². The summed E-state index contributed by atoms with van der Waals surface area (Å²) in [5, 5.41) is 7.80. The molecule has 0 radical (unpaired) electrons. The number of hydrogen-bond donors (Lipinski definition) is 2. The van der Waals surface area contributed by atoms with Crippen LogP contribution in [0.4, 0.5) is 10.1 Å². The third-order valence-corrected chi connectivity index (χ3v) is 5.06. The third-order valence-electron chi connectivity index (χ3n) is 2.83. The molecule has 1 aliphatic heterocycles. The second kappa shape index (κ2) is 5.05.